The summed E-state index contributed by atoms with van der Waals surface area (Å²) in [5.74, 6) is 0.236. The molecule has 0 radical (unpaired) electrons. The molecule has 1 saturated heterocycles. The summed E-state index contributed by atoms with van der Waals surface area (Å²) in [5, 5.41) is 16.5. The number of nitrogens with one attached hydrogen (secondary N) is 2. The number of nitrogens with zero attached hydrogens (tertiary/aromatic N) is 3. The van der Waals surface area contributed by atoms with E-state index in [1.807, 2.05) is 20.8 Å². The number of aromatic nitrogens is 3. The molecule has 4 rings (SSSR count). The minimum absolute atomic E-state index is 0.117. The van der Waals surface area contributed by atoms with Crippen LogP contribution in [-0.2, 0) is 5.41 Å². The average molecular weight is 529 g/mol. The molecule has 204 valence electrons. The van der Waals surface area contributed by atoms with Crippen molar-refractivity contribution in [3.8, 4) is 17.0 Å². The van der Waals surface area contributed by atoms with E-state index in [-0.39, 0.29) is 17.4 Å². The lowest BCUT2D eigenvalue weighted by Crippen LogP contribution is -2.47. The Morgan fingerprint density at radius 2 is 1.79 bits per heavy atom. The fraction of sp³-hybridized carbons (Fsp3) is 0.481. The van der Waals surface area contributed by atoms with Crippen molar-refractivity contribution in [2.75, 3.05) is 18.4 Å². The number of hydrogen-bond donors (Lipinski definition) is 4. The summed E-state index contributed by atoms with van der Waals surface area (Å²) in [7, 11) is 0. The topological polar surface area (TPSA) is 135 Å². The summed E-state index contributed by atoms with van der Waals surface area (Å²) in [6, 6.07) is 7.42. The highest BCUT2D eigenvalue weighted by Gasteiger charge is 2.48. The van der Waals surface area contributed by atoms with Crippen LogP contribution >= 0.6 is 0 Å². The number of carbonyl (C=O) groups excluding carboxylic acids is 1. The van der Waals surface area contributed by atoms with Gasteiger partial charge in [0.25, 0.3) is 5.91 Å². The van der Waals surface area contributed by atoms with Crippen LogP contribution in [0.25, 0.3) is 22.3 Å². The number of aliphatic hydroxyl groups is 1. The minimum Gasteiger partial charge on any atom is -0.430 e. The van der Waals surface area contributed by atoms with Crippen molar-refractivity contribution in [1.29, 1.82) is 0 Å². The van der Waals surface area contributed by atoms with Gasteiger partial charge >= 0.3 is 6.11 Å². The number of primary amides is 1. The standard InChI is InChI=1S/C27H34F2N6O3/c1-25(2,3)24-34-20-18(22(30)36)13-19(33-21(20)23(35-24)32-16-7-6-12-31-14-16)15-8-10-17(11-9-15)38-27(28,29)26(4,5)37/h8-11,13,16,31,37H,6-7,12,14H2,1-5H3,(H2,30,36)(H,32,34,35)/t16-/m0/s1. The molecule has 1 atom stereocenters. The molecule has 1 aliphatic rings. The van der Waals surface area contributed by atoms with E-state index in [0.717, 1.165) is 39.8 Å². The van der Waals surface area contributed by atoms with E-state index in [2.05, 4.69) is 15.6 Å². The van der Waals surface area contributed by atoms with Gasteiger partial charge in [0, 0.05) is 23.6 Å². The number of rotatable bonds is 7. The van der Waals surface area contributed by atoms with Gasteiger partial charge in [-0.2, -0.15) is 8.78 Å². The number of anilines is 1. The Kier molecular flexibility index (Phi) is 7.28. The monoisotopic (exact) mass is 528 g/mol. The first-order valence-corrected chi connectivity index (χ1v) is 12.6. The van der Waals surface area contributed by atoms with Gasteiger partial charge in [0.05, 0.1) is 11.3 Å². The van der Waals surface area contributed by atoms with Gasteiger partial charge in [0.2, 0.25) is 0 Å². The van der Waals surface area contributed by atoms with E-state index in [0.29, 0.717) is 33.9 Å². The Labute approximate surface area is 220 Å². The first kappa shape index (κ1) is 27.6. The predicted molar refractivity (Wildman–Crippen MR) is 141 cm³/mol. The number of fused-ring (bicyclic) bond motifs is 1. The van der Waals surface area contributed by atoms with E-state index in [9.17, 15) is 18.7 Å². The molecule has 1 aromatic carbocycles. The molecule has 5 N–H and O–H groups in total. The number of benzene rings is 1. The lowest BCUT2D eigenvalue weighted by Gasteiger charge is -2.28. The van der Waals surface area contributed by atoms with Crippen LogP contribution in [0.3, 0.4) is 0 Å². The number of piperidine rings is 1. The van der Waals surface area contributed by atoms with Crippen LogP contribution in [0.2, 0.25) is 0 Å². The third-order valence-electron chi connectivity index (χ3n) is 6.33. The third-order valence-corrected chi connectivity index (χ3v) is 6.33. The fourth-order valence-corrected chi connectivity index (χ4v) is 4.01. The Hall–Kier alpha value is -3.44. The summed E-state index contributed by atoms with van der Waals surface area (Å²) in [4.78, 5) is 26.8. The van der Waals surface area contributed by atoms with Gasteiger partial charge < -0.3 is 26.2 Å². The smallest absolute Gasteiger partial charge is 0.426 e. The van der Waals surface area contributed by atoms with Gasteiger partial charge in [-0.1, -0.05) is 20.8 Å². The number of ether oxygens (including phenoxy) is 1. The second-order valence-electron chi connectivity index (χ2n) is 11.2. The van der Waals surface area contributed by atoms with E-state index in [1.54, 1.807) is 0 Å². The molecule has 0 aliphatic carbocycles. The SMILES string of the molecule is CC(C)(C)c1nc(N[C@H]2CCCNC2)c2nc(-c3ccc(OC(F)(F)C(C)(C)O)cc3)cc(C(N)=O)c2n1. The Morgan fingerprint density at radius 1 is 1.11 bits per heavy atom. The maximum atomic E-state index is 14.1. The number of carbonyl (C=O) groups is 1. The maximum Gasteiger partial charge on any atom is 0.426 e. The lowest BCUT2D eigenvalue weighted by atomic mass is 9.95. The summed E-state index contributed by atoms with van der Waals surface area (Å²) in [5.41, 5.74) is 4.85. The van der Waals surface area contributed by atoms with Crippen molar-refractivity contribution >= 4 is 22.8 Å². The highest BCUT2D eigenvalue weighted by molar-refractivity contribution is 6.07. The summed E-state index contributed by atoms with van der Waals surface area (Å²) < 4.78 is 33.0. The van der Waals surface area contributed by atoms with Crippen LogP contribution in [0.1, 0.15) is 63.6 Å². The summed E-state index contributed by atoms with van der Waals surface area (Å²) >= 11 is 0. The molecule has 0 saturated carbocycles. The van der Waals surface area contributed by atoms with Gasteiger partial charge in [-0.25, -0.2) is 15.0 Å². The van der Waals surface area contributed by atoms with Crippen molar-refractivity contribution in [3.05, 3.63) is 41.7 Å². The molecule has 9 nitrogen and oxygen atoms in total. The number of nitrogens with two attached hydrogens (primary N) is 1. The normalized spacial score (nSPS) is 16.9. The number of hydrogen-bond acceptors (Lipinski definition) is 8. The first-order chi connectivity index (χ1) is 17.7. The molecule has 0 bridgehead atoms. The predicted octanol–water partition coefficient (Wildman–Crippen LogP) is 3.99. The fourth-order valence-electron chi connectivity index (χ4n) is 4.01. The molecule has 0 spiro atoms. The summed E-state index contributed by atoms with van der Waals surface area (Å²) in [6.07, 6.45) is -1.84. The third kappa shape index (κ3) is 5.83. The van der Waals surface area contributed by atoms with Crippen molar-refractivity contribution in [3.63, 3.8) is 0 Å². The molecule has 2 aromatic heterocycles. The lowest BCUT2D eigenvalue weighted by molar-refractivity contribution is -0.276. The largest absolute Gasteiger partial charge is 0.430 e. The Morgan fingerprint density at radius 3 is 2.34 bits per heavy atom. The van der Waals surface area contributed by atoms with Gasteiger partial charge in [-0.3, -0.25) is 4.79 Å². The Balaban J connectivity index is 1.81. The second-order valence-corrected chi connectivity index (χ2v) is 11.2. The molecular weight excluding hydrogens is 494 g/mol. The van der Waals surface area contributed by atoms with E-state index < -0.39 is 23.0 Å². The van der Waals surface area contributed by atoms with E-state index in [1.165, 1.54) is 30.3 Å². The number of halogens is 2. The first-order valence-electron chi connectivity index (χ1n) is 12.6. The van der Waals surface area contributed by atoms with E-state index >= 15 is 0 Å². The van der Waals surface area contributed by atoms with Crippen molar-refractivity contribution in [1.82, 2.24) is 20.3 Å². The molecule has 1 amide bonds. The molecule has 1 fully saturated rings. The molecular formula is C27H34F2N6O3. The van der Waals surface area contributed by atoms with Crippen molar-refractivity contribution < 1.29 is 23.4 Å². The zero-order valence-electron chi connectivity index (χ0n) is 22.2. The second kappa shape index (κ2) is 10.0. The van der Waals surface area contributed by atoms with Crippen LogP contribution in [0, 0.1) is 0 Å². The number of alkyl halides is 2. The average Bonchev–Trinajstić information content (AvgIpc) is 2.83. The zero-order valence-corrected chi connectivity index (χ0v) is 22.2. The Bertz CT molecular complexity index is 1330. The molecule has 38 heavy (non-hydrogen) atoms. The zero-order chi connectivity index (χ0) is 27.9. The van der Waals surface area contributed by atoms with Gasteiger partial charge in [-0.15, -0.1) is 0 Å². The van der Waals surface area contributed by atoms with Crippen molar-refractivity contribution in [2.24, 2.45) is 5.73 Å². The molecule has 1 aliphatic heterocycles. The number of pyridine rings is 1. The van der Waals surface area contributed by atoms with Gasteiger partial charge in [-0.05, 0) is 63.6 Å². The quantitative estimate of drug-likeness (QED) is 0.362. The van der Waals surface area contributed by atoms with Crippen LogP contribution < -0.4 is 21.1 Å². The highest BCUT2D eigenvalue weighted by Crippen LogP contribution is 2.34. The molecule has 3 aromatic rings. The molecule has 3 heterocycles. The maximum absolute atomic E-state index is 14.1. The summed E-state index contributed by atoms with van der Waals surface area (Å²) in [6.45, 7) is 9.59. The van der Waals surface area contributed by atoms with Gasteiger partial charge in [0.15, 0.2) is 11.4 Å². The molecule has 0 unspecified atom stereocenters. The van der Waals surface area contributed by atoms with Gasteiger partial charge in [0.1, 0.15) is 22.6 Å². The van der Waals surface area contributed by atoms with Crippen molar-refractivity contribution in [2.45, 2.75) is 70.6 Å². The van der Waals surface area contributed by atoms with Crippen LogP contribution in [0.4, 0.5) is 14.6 Å². The van der Waals surface area contributed by atoms with Crippen LogP contribution in [0.5, 0.6) is 5.75 Å². The van der Waals surface area contributed by atoms with Crippen LogP contribution in [0.15, 0.2) is 30.3 Å². The highest BCUT2D eigenvalue weighted by atomic mass is 19.3. The number of amides is 1. The minimum atomic E-state index is -3.80. The van der Waals surface area contributed by atoms with E-state index in [4.69, 9.17) is 20.4 Å². The molecule has 11 heteroatoms. The van der Waals surface area contributed by atoms with Crippen LogP contribution in [-0.4, -0.2) is 56.8 Å².